The van der Waals surface area contributed by atoms with E-state index in [1.807, 2.05) is 11.3 Å². The molecule has 1 aliphatic heterocycles. The summed E-state index contributed by atoms with van der Waals surface area (Å²) in [5, 5.41) is 4.80. The van der Waals surface area contributed by atoms with Crippen LogP contribution in [0.2, 0.25) is 0 Å². The highest BCUT2D eigenvalue weighted by Gasteiger charge is 2.22. The first-order valence-corrected chi connectivity index (χ1v) is 9.17. The van der Waals surface area contributed by atoms with Crippen LogP contribution >= 0.6 is 11.3 Å². The van der Waals surface area contributed by atoms with Gasteiger partial charge in [-0.2, -0.15) is 0 Å². The Hall–Kier alpha value is -0.610. The van der Waals surface area contributed by atoms with Gasteiger partial charge in [0.15, 0.2) is 5.13 Å². The Morgan fingerprint density at radius 1 is 1.29 bits per heavy atom. The second-order valence-electron chi connectivity index (χ2n) is 7.33. The molecule has 21 heavy (non-hydrogen) atoms. The third-order valence-corrected chi connectivity index (χ3v) is 5.46. The zero-order chi connectivity index (χ0) is 15.5. The van der Waals surface area contributed by atoms with E-state index >= 15 is 0 Å². The zero-order valence-corrected chi connectivity index (χ0v) is 15.1. The van der Waals surface area contributed by atoms with Gasteiger partial charge in [-0.25, -0.2) is 4.98 Å². The predicted octanol–water partition coefficient (Wildman–Crippen LogP) is 4.36. The molecule has 2 heterocycles. The molecule has 0 saturated carbocycles. The number of thiazole rings is 1. The summed E-state index contributed by atoms with van der Waals surface area (Å²) in [7, 11) is 0. The molecule has 0 unspecified atom stereocenters. The highest BCUT2D eigenvalue weighted by Crippen LogP contribution is 2.31. The number of nitrogens with zero attached hydrogens (tertiary/aromatic N) is 2. The lowest BCUT2D eigenvalue weighted by Crippen LogP contribution is -2.35. The molecule has 0 atom stereocenters. The van der Waals surface area contributed by atoms with Crippen LogP contribution in [-0.2, 0) is 6.54 Å². The molecular formula is C17H31N3S. The lowest BCUT2D eigenvalue weighted by molar-refractivity contribution is 0.378. The third kappa shape index (κ3) is 4.96. The quantitative estimate of drug-likeness (QED) is 0.876. The molecule has 1 N–H and O–H groups in total. The molecule has 0 aliphatic carbocycles. The van der Waals surface area contributed by atoms with E-state index in [0.29, 0.717) is 0 Å². The summed E-state index contributed by atoms with van der Waals surface area (Å²) in [6.45, 7) is 14.4. The van der Waals surface area contributed by atoms with Crippen molar-refractivity contribution in [3.63, 3.8) is 0 Å². The summed E-state index contributed by atoms with van der Waals surface area (Å²) in [6, 6.07) is 0. The average molecular weight is 310 g/mol. The molecule has 2 rings (SSSR count). The first-order valence-electron chi connectivity index (χ1n) is 8.35. The van der Waals surface area contributed by atoms with Gasteiger partial charge in [-0.15, -0.1) is 11.3 Å². The summed E-state index contributed by atoms with van der Waals surface area (Å²) in [5.74, 6) is 0.939. The number of aromatic nitrogens is 1. The molecule has 1 saturated heterocycles. The van der Waals surface area contributed by atoms with Crippen LogP contribution in [0, 0.1) is 12.8 Å². The average Bonchev–Trinajstić information content (AvgIpc) is 2.78. The first kappa shape index (κ1) is 16.8. The molecular weight excluding hydrogens is 278 g/mol. The van der Waals surface area contributed by atoms with Crippen LogP contribution in [0.4, 0.5) is 5.13 Å². The predicted molar refractivity (Wildman–Crippen MR) is 93.3 cm³/mol. The Bertz CT molecular complexity index is 439. The summed E-state index contributed by atoms with van der Waals surface area (Å²) in [6.07, 6.45) is 5.39. The maximum atomic E-state index is 4.81. The largest absolute Gasteiger partial charge is 0.348 e. The van der Waals surface area contributed by atoms with E-state index in [9.17, 15) is 0 Å². The van der Waals surface area contributed by atoms with Gasteiger partial charge in [-0.3, -0.25) is 0 Å². The molecule has 1 aromatic rings. The number of rotatable bonds is 5. The van der Waals surface area contributed by atoms with E-state index in [1.54, 1.807) is 0 Å². The van der Waals surface area contributed by atoms with Crippen molar-refractivity contribution < 1.29 is 0 Å². The van der Waals surface area contributed by atoms with E-state index in [1.165, 1.54) is 54.5 Å². The van der Waals surface area contributed by atoms with Gasteiger partial charge in [0, 0.05) is 30.1 Å². The van der Waals surface area contributed by atoms with Crippen molar-refractivity contribution in [2.45, 2.75) is 72.4 Å². The molecule has 1 aliphatic rings. The van der Waals surface area contributed by atoms with Crippen LogP contribution in [0.3, 0.4) is 0 Å². The lowest BCUT2D eigenvalue weighted by Gasteiger charge is -2.31. The van der Waals surface area contributed by atoms with Gasteiger partial charge in [0.05, 0.1) is 5.69 Å². The third-order valence-electron chi connectivity index (χ3n) is 4.24. The maximum absolute atomic E-state index is 4.81. The number of aryl methyl sites for hydroxylation is 1. The van der Waals surface area contributed by atoms with Gasteiger partial charge >= 0.3 is 0 Å². The summed E-state index contributed by atoms with van der Waals surface area (Å²) < 4.78 is 0. The van der Waals surface area contributed by atoms with Crippen LogP contribution in [0.15, 0.2) is 0 Å². The topological polar surface area (TPSA) is 28.2 Å². The number of piperidine rings is 1. The number of hydrogen-bond donors (Lipinski definition) is 1. The van der Waals surface area contributed by atoms with E-state index in [-0.39, 0.29) is 5.54 Å². The van der Waals surface area contributed by atoms with Gasteiger partial charge in [0.1, 0.15) is 0 Å². The van der Waals surface area contributed by atoms with Crippen molar-refractivity contribution in [2.24, 2.45) is 5.92 Å². The van der Waals surface area contributed by atoms with E-state index < -0.39 is 0 Å². The summed E-state index contributed by atoms with van der Waals surface area (Å²) >= 11 is 1.87. The fraction of sp³-hybridized carbons (Fsp3) is 0.824. The fourth-order valence-corrected chi connectivity index (χ4v) is 3.93. The second-order valence-corrected chi connectivity index (χ2v) is 8.39. The highest BCUT2D eigenvalue weighted by molar-refractivity contribution is 7.15. The van der Waals surface area contributed by atoms with Crippen LogP contribution in [0.25, 0.3) is 0 Å². The van der Waals surface area contributed by atoms with Gasteiger partial charge in [0.25, 0.3) is 0 Å². The standard InChI is InChI=1S/C17H31N3S/c1-6-7-14-8-10-20(11-9-14)16-19-13(2)15(21-16)12-18-17(3,4)5/h14,18H,6-12H2,1-5H3. The van der Waals surface area contributed by atoms with Gasteiger partial charge in [0.2, 0.25) is 0 Å². The Balaban J connectivity index is 1.93. The van der Waals surface area contributed by atoms with E-state index in [2.05, 4.69) is 44.8 Å². The molecule has 120 valence electrons. The minimum absolute atomic E-state index is 0.162. The molecule has 0 amide bonds. The number of hydrogen-bond acceptors (Lipinski definition) is 4. The molecule has 0 spiro atoms. The van der Waals surface area contributed by atoms with Crippen LogP contribution in [-0.4, -0.2) is 23.6 Å². The molecule has 3 nitrogen and oxygen atoms in total. The minimum Gasteiger partial charge on any atom is -0.348 e. The fourth-order valence-electron chi connectivity index (χ4n) is 2.88. The van der Waals surface area contributed by atoms with E-state index in [4.69, 9.17) is 4.98 Å². The Labute approximate surface area is 134 Å². The van der Waals surface area contributed by atoms with Crippen molar-refractivity contribution in [1.82, 2.24) is 10.3 Å². The summed E-state index contributed by atoms with van der Waals surface area (Å²) in [4.78, 5) is 8.69. The Morgan fingerprint density at radius 3 is 2.52 bits per heavy atom. The molecule has 1 fully saturated rings. The monoisotopic (exact) mass is 309 g/mol. The Kier molecular flexibility index (Phi) is 5.67. The molecule has 4 heteroatoms. The van der Waals surface area contributed by atoms with Gasteiger partial charge in [-0.1, -0.05) is 19.8 Å². The number of nitrogens with one attached hydrogen (secondary N) is 1. The first-order chi connectivity index (χ1) is 9.89. The normalized spacial score (nSPS) is 17.5. The van der Waals surface area contributed by atoms with Crippen LogP contribution in [0.1, 0.15) is 63.9 Å². The second kappa shape index (κ2) is 7.10. The highest BCUT2D eigenvalue weighted by atomic mass is 32.1. The SMILES string of the molecule is CCCC1CCN(c2nc(C)c(CNC(C)(C)C)s2)CC1. The van der Waals surface area contributed by atoms with Crippen molar-refractivity contribution >= 4 is 16.5 Å². The van der Waals surface area contributed by atoms with Crippen molar-refractivity contribution in [1.29, 1.82) is 0 Å². The molecule has 1 aromatic heterocycles. The van der Waals surface area contributed by atoms with Gasteiger partial charge < -0.3 is 10.2 Å². The number of anilines is 1. The summed E-state index contributed by atoms with van der Waals surface area (Å²) in [5.41, 5.74) is 1.36. The maximum Gasteiger partial charge on any atom is 0.185 e. The zero-order valence-electron chi connectivity index (χ0n) is 14.3. The van der Waals surface area contributed by atoms with Gasteiger partial charge in [-0.05, 0) is 46.5 Å². The smallest absolute Gasteiger partial charge is 0.185 e. The van der Waals surface area contributed by atoms with Crippen molar-refractivity contribution in [3.8, 4) is 0 Å². The van der Waals surface area contributed by atoms with Crippen molar-refractivity contribution in [2.75, 3.05) is 18.0 Å². The minimum atomic E-state index is 0.162. The van der Waals surface area contributed by atoms with Crippen molar-refractivity contribution in [3.05, 3.63) is 10.6 Å². The molecule has 0 radical (unpaired) electrons. The van der Waals surface area contributed by atoms with E-state index in [0.717, 1.165) is 12.5 Å². The van der Waals surface area contributed by atoms with Crippen LogP contribution in [0.5, 0.6) is 0 Å². The molecule has 0 bridgehead atoms. The Morgan fingerprint density at radius 2 is 1.95 bits per heavy atom. The lowest BCUT2D eigenvalue weighted by atomic mass is 9.93. The molecule has 0 aromatic carbocycles. The van der Waals surface area contributed by atoms with Crippen LogP contribution < -0.4 is 10.2 Å².